The van der Waals surface area contributed by atoms with Gasteiger partial charge in [-0.3, -0.25) is 0 Å². The second kappa shape index (κ2) is 5.84. The van der Waals surface area contributed by atoms with Crippen molar-refractivity contribution in [2.75, 3.05) is 0 Å². The average molecular weight is 274 g/mol. The molecule has 1 atom stereocenters. The van der Waals surface area contributed by atoms with Crippen LogP contribution in [0.5, 0.6) is 5.75 Å². The van der Waals surface area contributed by atoms with E-state index in [1.54, 1.807) is 6.07 Å². The highest BCUT2D eigenvalue weighted by molar-refractivity contribution is 5.66. The Labute approximate surface area is 125 Å². The molecule has 3 aromatic rings. The summed E-state index contributed by atoms with van der Waals surface area (Å²) in [6, 6.07) is 26.4. The van der Waals surface area contributed by atoms with Crippen LogP contribution in [0.1, 0.15) is 24.0 Å². The van der Waals surface area contributed by atoms with Gasteiger partial charge in [-0.2, -0.15) is 0 Å². The molecule has 0 aliphatic carbocycles. The summed E-state index contributed by atoms with van der Waals surface area (Å²) in [5.74, 6) is 0.515. The molecule has 0 bridgehead atoms. The Kier molecular flexibility index (Phi) is 3.74. The number of phenolic OH excluding ortho intramolecular Hbond substituents is 1. The summed E-state index contributed by atoms with van der Waals surface area (Å²) in [6.45, 7) is 2.12. The molecule has 0 amide bonds. The summed E-state index contributed by atoms with van der Waals surface area (Å²) in [6.07, 6.45) is 0. The van der Waals surface area contributed by atoms with Crippen molar-refractivity contribution in [2.45, 2.75) is 12.8 Å². The van der Waals surface area contributed by atoms with Gasteiger partial charge in [0, 0.05) is 11.5 Å². The maximum absolute atomic E-state index is 10.2. The summed E-state index contributed by atoms with van der Waals surface area (Å²) < 4.78 is 0. The molecular weight excluding hydrogens is 256 g/mol. The molecular formula is C20H18O. The van der Waals surface area contributed by atoms with Crippen molar-refractivity contribution in [2.24, 2.45) is 0 Å². The van der Waals surface area contributed by atoms with E-state index in [9.17, 15) is 5.11 Å². The van der Waals surface area contributed by atoms with E-state index in [2.05, 4.69) is 37.3 Å². The minimum absolute atomic E-state index is 0.162. The van der Waals surface area contributed by atoms with Crippen LogP contribution in [0.4, 0.5) is 0 Å². The minimum atomic E-state index is 0.162. The first-order chi connectivity index (χ1) is 10.3. The molecule has 1 heteroatoms. The van der Waals surface area contributed by atoms with Crippen LogP contribution in [0.3, 0.4) is 0 Å². The highest BCUT2D eigenvalue weighted by atomic mass is 16.3. The normalized spacial score (nSPS) is 12.0. The molecule has 3 rings (SSSR count). The van der Waals surface area contributed by atoms with Gasteiger partial charge >= 0.3 is 0 Å². The van der Waals surface area contributed by atoms with Crippen molar-refractivity contribution < 1.29 is 5.11 Å². The van der Waals surface area contributed by atoms with Crippen LogP contribution in [-0.4, -0.2) is 5.11 Å². The summed E-state index contributed by atoms with van der Waals surface area (Å²) in [7, 11) is 0. The fourth-order valence-electron chi connectivity index (χ4n) is 2.63. The third kappa shape index (κ3) is 2.82. The van der Waals surface area contributed by atoms with E-state index >= 15 is 0 Å². The van der Waals surface area contributed by atoms with Gasteiger partial charge in [-0.15, -0.1) is 0 Å². The van der Waals surface area contributed by atoms with Crippen LogP contribution in [0.2, 0.25) is 0 Å². The van der Waals surface area contributed by atoms with Crippen molar-refractivity contribution >= 4 is 0 Å². The number of benzene rings is 3. The van der Waals surface area contributed by atoms with Crippen molar-refractivity contribution in [1.82, 2.24) is 0 Å². The molecule has 0 spiro atoms. The van der Waals surface area contributed by atoms with E-state index in [0.29, 0.717) is 5.75 Å². The molecule has 0 aliphatic heterocycles. The Morgan fingerprint density at radius 3 is 2.00 bits per heavy atom. The first kappa shape index (κ1) is 13.4. The molecule has 0 radical (unpaired) electrons. The monoisotopic (exact) mass is 274 g/mol. The van der Waals surface area contributed by atoms with Crippen LogP contribution in [0, 0.1) is 0 Å². The van der Waals surface area contributed by atoms with Crippen molar-refractivity contribution in [3.63, 3.8) is 0 Å². The van der Waals surface area contributed by atoms with Gasteiger partial charge in [0.15, 0.2) is 0 Å². The van der Waals surface area contributed by atoms with Gasteiger partial charge < -0.3 is 5.11 Å². The number of phenols is 1. The SMILES string of the molecule is CC(c1ccccc1)c1cc(-c2ccccc2)ccc1O. The van der Waals surface area contributed by atoms with Gasteiger partial charge in [0.2, 0.25) is 0 Å². The number of aromatic hydroxyl groups is 1. The number of hydrogen-bond acceptors (Lipinski definition) is 1. The lowest BCUT2D eigenvalue weighted by Crippen LogP contribution is -1.97. The molecule has 1 unspecified atom stereocenters. The first-order valence-electron chi connectivity index (χ1n) is 7.19. The van der Waals surface area contributed by atoms with Gasteiger partial charge in [0.1, 0.15) is 5.75 Å². The standard InChI is InChI=1S/C20H18O/c1-15(16-8-4-2-5-9-16)19-14-18(12-13-20(19)21)17-10-6-3-7-11-17/h2-15,21H,1H3. The second-order valence-electron chi connectivity index (χ2n) is 5.27. The third-order valence-corrected chi connectivity index (χ3v) is 3.90. The maximum atomic E-state index is 10.2. The highest BCUT2D eigenvalue weighted by Crippen LogP contribution is 2.34. The van der Waals surface area contributed by atoms with Crippen molar-refractivity contribution in [1.29, 1.82) is 0 Å². The largest absolute Gasteiger partial charge is 0.508 e. The molecule has 0 aliphatic rings. The van der Waals surface area contributed by atoms with Gasteiger partial charge in [-0.25, -0.2) is 0 Å². The second-order valence-corrected chi connectivity index (χ2v) is 5.27. The molecule has 0 saturated carbocycles. The number of rotatable bonds is 3. The van der Waals surface area contributed by atoms with E-state index in [0.717, 1.165) is 11.1 Å². The third-order valence-electron chi connectivity index (χ3n) is 3.90. The molecule has 104 valence electrons. The summed E-state index contributed by atoms with van der Waals surface area (Å²) in [5.41, 5.74) is 4.46. The topological polar surface area (TPSA) is 20.2 Å². The van der Waals surface area contributed by atoms with Crippen LogP contribution in [-0.2, 0) is 0 Å². The zero-order valence-electron chi connectivity index (χ0n) is 12.0. The van der Waals surface area contributed by atoms with Crippen LogP contribution >= 0.6 is 0 Å². The minimum Gasteiger partial charge on any atom is -0.508 e. The Morgan fingerprint density at radius 1 is 0.714 bits per heavy atom. The molecule has 0 heterocycles. The van der Waals surface area contributed by atoms with E-state index < -0.39 is 0 Å². The smallest absolute Gasteiger partial charge is 0.119 e. The first-order valence-corrected chi connectivity index (χ1v) is 7.19. The molecule has 0 fully saturated rings. The predicted octanol–water partition coefficient (Wildman–Crippen LogP) is 5.21. The molecule has 21 heavy (non-hydrogen) atoms. The fraction of sp³-hybridized carbons (Fsp3) is 0.100. The van der Waals surface area contributed by atoms with Crippen LogP contribution in [0.15, 0.2) is 78.9 Å². The zero-order valence-corrected chi connectivity index (χ0v) is 12.0. The fourth-order valence-corrected chi connectivity index (χ4v) is 2.63. The van der Waals surface area contributed by atoms with Gasteiger partial charge in [0.05, 0.1) is 0 Å². The highest BCUT2D eigenvalue weighted by Gasteiger charge is 2.13. The molecule has 1 nitrogen and oxygen atoms in total. The molecule has 0 saturated heterocycles. The number of hydrogen-bond donors (Lipinski definition) is 1. The van der Waals surface area contributed by atoms with Gasteiger partial charge in [-0.05, 0) is 28.8 Å². The zero-order chi connectivity index (χ0) is 14.7. The van der Waals surface area contributed by atoms with Crippen molar-refractivity contribution in [3.8, 4) is 16.9 Å². The molecule has 0 aromatic heterocycles. The average Bonchev–Trinajstić information content (AvgIpc) is 2.56. The Morgan fingerprint density at radius 2 is 1.33 bits per heavy atom. The van der Waals surface area contributed by atoms with Gasteiger partial charge in [-0.1, -0.05) is 73.7 Å². The molecule has 3 aromatic carbocycles. The lowest BCUT2D eigenvalue weighted by atomic mass is 9.90. The van der Waals surface area contributed by atoms with Gasteiger partial charge in [0.25, 0.3) is 0 Å². The maximum Gasteiger partial charge on any atom is 0.119 e. The van der Waals surface area contributed by atoms with Crippen LogP contribution in [0.25, 0.3) is 11.1 Å². The summed E-state index contributed by atoms with van der Waals surface area (Å²) in [5, 5.41) is 10.2. The van der Waals surface area contributed by atoms with E-state index in [4.69, 9.17) is 0 Å². The molecule has 1 N–H and O–H groups in total. The van der Waals surface area contributed by atoms with E-state index in [1.165, 1.54) is 11.1 Å². The summed E-state index contributed by atoms with van der Waals surface area (Å²) >= 11 is 0. The Hall–Kier alpha value is -2.54. The lowest BCUT2D eigenvalue weighted by Gasteiger charge is -2.15. The van der Waals surface area contributed by atoms with E-state index in [1.807, 2.05) is 42.5 Å². The summed E-state index contributed by atoms with van der Waals surface area (Å²) in [4.78, 5) is 0. The van der Waals surface area contributed by atoms with Crippen molar-refractivity contribution in [3.05, 3.63) is 90.0 Å². The Balaban J connectivity index is 2.03. The quantitative estimate of drug-likeness (QED) is 0.695. The van der Waals surface area contributed by atoms with Crippen LogP contribution < -0.4 is 0 Å². The van der Waals surface area contributed by atoms with E-state index in [-0.39, 0.29) is 5.92 Å². The predicted molar refractivity (Wildman–Crippen MR) is 87.5 cm³/mol. The lowest BCUT2D eigenvalue weighted by molar-refractivity contribution is 0.466. The Bertz CT molecular complexity index is 717.